The van der Waals surface area contributed by atoms with Crippen molar-refractivity contribution in [2.45, 2.75) is 18.8 Å². The van der Waals surface area contributed by atoms with Crippen LogP contribution in [0.5, 0.6) is 0 Å². The zero-order chi connectivity index (χ0) is 24.8. The van der Waals surface area contributed by atoms with Crippen molar-refractivity contribution in [1.29, 1.82) is 0 Å². The van der Waals surface area contributed by atoms with E-state index in [-0.39, 0.29) is 17.6 Å². The van der Waals surface area contributed by atoms with Crippen molar-refractivity contribution in [2.75, 3.05) is 38.7 Å². The molecule has 0 unspecified atom stereocenters. The van der Waals surface area contributed by atoms with E-state index in [1.807, 2.05) is 0 Å². The zero-order valence-corrected chi connectivity index (χ0v) is 21.6. The minimum absolute atomic E-state index is 0.287. The number of nitrogens with one attached hydrogen (secondary N) is 2. The SMILES string of the molecule is COCCNC(=S)N1CCC(c2nc(C(=O)Nc3ccc(F)cc3-c3ccc(Cl)cc3)cs2)CC1. The first-order valence-corrected chi connectivity index (χ1v) is 12.9. The van der Waals surface area contributed by atoms with Crippen LogP contribution in [-0.2, 0) is 4.74 Å². The summed E-state index contributed by atoms with van der Waals surface area (Å²) in [4.78, 5) is 19.8. The van der Waals surface area contributed by atoms with Crippen LogP contribution in [0.4, 0.5) is 10.1 Å². The first kappa shape index (κ1) is 25.5. The molecule has 35 heavy (non-hydrogen) atoms. The Morgan fingerprint density at radius 3 is 2.71 bits per heavy atom. The molecule has 3 aromatic rings. The number of carbonyl (C=O) groups is 1. The monoisotopic (exact) mass is 532 g/mol. The normalized spacial score (nSPS) is 14.1. The largest absolute Gasteiger partial charge is 0.383 e. The number of thiazole rings is 1. The van der Waals surface area contributed by atoms with Crippen LogP contribution in [0, 0.1) is 5.82 Å². The Hall–Kier alpha value is -2.59. The van der Waals surface area contributed by atoms with Gasteiger partial charge in [0, 0.05) is 54.3 Å². The fraction of sp³-hybridized carbons (Fsp3) is 0.320. The summed E-state index contributed by atoms with van der Waals surface area (Å²) in [5, 5.41) is 10.2. The number of methoxy groups -OCH3 is 1. The molecule has 10 heteroatoms. The number of piperidine rings is 1. The first-order chi connectivity index (χ1) is 16.9. The molecule has 1 amide bonds. The molecule has 1 saturated heterocycles. The number of rotatable bonds is 7. The van der Waals surface area contributed by atoms with Crippen LogP contribution in [-0.4, -0.2) is 54.3 Å². The number of carbonyl (C=O) groups excluding carboxylic acids is 1. The topological polar surface area (TPSA) is 66.5 Å². The number of nitrogens with zero attached hydrogens (tertiary/aromatic N) is 2. The zero-order valence-electron chi connectivity index (χ0n) is 19.2. The summed E-state index contributed by atoms with van der Waals surface area (Å²) in [5.74, 6) is -0.422. The highest BCUT2D eigenvalue weighted by Gasteiger charge is 2.25. The third kappa shape index (κ3) is 6.55. The number of halogens is 2. The quantitative estimate of drug-likeness (QED) is 0.307. The predicted molar refractivity (Wildman–Crippen MR) is 143 cm³/mol. The molecule has 2 heterocycles. The maximum atomic E-state index is 14.0. The first-order valence-electron chi connectivity index (χ1n) is 11.3. The Kier molecular flexibility index (Phi) is 8.67. The van der Waals surface area contributed by atoms with E-state index < -0.39 is 0 Å². The number of likely N-dealkylation sites (tertiary alicyclic amines) is 1. The summed E-state index contributed by atoms with van der Waals surface area (Å²) in [5.41, 5.74) is 2.20. The number of hydrogen-bond acceptors (Lipinski definition) is 5. The van der Waals surface area contributed by atoms with Crippen LogP contribution in [0.2, 0.25) is 5.02 Å². The van der Waals surface area contributed by atoms with Crippen LogP contribution in [0.3, 0.4) is 0 Å². The van der Waals surface area contributed by atoms with Crippen molar-refractivity contribution in [3.63, 3.8) is 0 Å². The highest BCUT2D eigenvalue weighted by molar-refractivity contribution is 7.80. The molecule has 2 aromatic carbocycles. The molecule has 1 aliphatic heterocycles. The van der Waals surface area contributed by atoms with E-state index in [1.165, 1.54) is 23.5 Å². The number of ether oxygens (including phenoxy) is 1. The molecule has 1 aromatic heterocycles. The molecule has 0 spiro atoms. The van der Waals surface area contributed by atoms with E-state index in [2.05, 4.69) is 20.5 Å². The molecule has 0 radical (unpaired) electrons. The minimum Gasteiger partial charge on any atom is -0.383 e. The molecule has 6 nitrogen and oxygen atoms in total. The van der Waals surface area contributed by atoms with Crippen LogP contribution >= 0.6 is 35.2 Å². The van der Waals surface area contributed by atoms with Gasteiger partial charge in [-0.15, -0.1) is 11.3 Å². The fourth-order valence-corrected chi connectivity index (χ4v) is 5.34. The second kappa shape index (κ2) is 11.9. The predicted octanol–water partition coefficient (Wildman–Crippen LogP) is 5.56. The van der Waals surface area contributed by atoms with Crippen LogP contribution < -0.4 is 10.6 Å². The van der Waals surface area contributed by atoms with Crippen molar-refractivity contribution in [3.8, 4) is 11.1 Å². The van der Waals surface area contributed by atoms with Crippen molar-refractivity contribution in [1.82, 2.24) is 15.2 Å². The second-order valence-corrected chi connectivity index (χ2v) is 9.92. The summed E-state index contributed by atoms with van der Waals surface area (Å²) in [6.07, 6.45) is 1.83. The number of thiocarbonyl (C=S) groups is 1. The van der Waals surface area contributed by atoms with Gasteiger partial charge in [0.25, 0.3) is 5.91 Å². The van der Waals surface area contributed by atoms with Gasteiger partial charge in [-0.3, -0.25) is 4.79 Å². The van der Waals surface area contributed by atoms with E-state index in [0.717, 1.165) is 41.6 Å². The lowest BCUT2D eigenvalue weighted by molar-refractivity contribution is 0.102. The molecular formula is C25H26ClFN4O2S2. The van der Waals surface area contributed by atoms with Gasteiger partial charge in [0.1, 0.15) is 11.5 Å². The van der Waals surface area contributed by atoms with E-state index in [0.29, 0.717) is 35.1 Å². The van der Waals surface area contributed by atoms with Gasteiger partial charge >= 0.3 is 0 Å². The Morgan fingerprint density at radius 1 is 1.26 bits per heavy atom. The summed E-state index contributed by atoms with van der Waals surface area (Å²) < 4.78 is 19.0. The number of amides is 1. The molecule has 0 bridgehead atoms. The molecule has 4 rings (SSSR count). The van der Waals surface area contributed by atoms with Crippen molar-refractivity contribution in [2.24, 2.45) is 0 Å². The molecule has 2 N–H and O–H groups in total. The number of anilines is 1. The number of hydrogen-bond donors (Lipinski definition) is 2. The van der Waals surface area contributed by atoms with Crippen LogP contribution in [0.15, 0.2) is 47.8 Å². The highest BCUT2D eigenvalue weighted by Crippen LogP contribution is 2.32. The van der Waals surface area contributed by atoms with Gasteiger partial charge in [0.15, 0.2) is 5.11 Å². The van der Waals surface area contributed by atoms with Crippen molar-refractivity contribution >= 4 is 51.9 Å². The Bertz CT molecular complexity index is 1180. The van der Waals surface area contributed by atoms with Crippen molar-refractivity contribution in [3.05, 3.63) is 69.4 Å². The van der Waals surface area contributed by atoms with Crippen molar-refractivity contribution < 1.29 is 13.9 Å². The summed E-state index contributed by atoms with van der Waals surface area (Å²) in [6.45, 7) is 2.98. The molecule has 1 aliphatic rings. The van der Waals surface area contributed by atoms with Gasteiger partial charge in [-0.1, -0.05) is 23.7 Å². The van der Waals surface area contributed by atoms with Gasteiger partial charge in [-0.05, 0) is 61.0 Å². The Morgan fingerprint density at radius 2 is 2.00 bits per heavy atom. The maximum Gasteiger partial charge on any atom is 0.275 e. The Labute approximate surface area is 218 Å². The smallest absolute Gasteiger partial charge is 0.275 e. The molecule has 0 saturated carbocycles. The third-order valence-electron chi connectivity index (χ3n) is 5.85. The summed E-state index contributed by atoms with van der Waals surface area (Å²) in [7, 11) is 1.66. The molecule has 1 fully saturated rings. The van der Waals surface area contributed by atoms with E-state index in [9.17, 15) is 9.18 Å². The van der Waals surface area contributed by atoms with Gasteiger partial charge in [0.2, 0.25) is 0 Å². The molecule has 184 valence electrons. The van der Waals surface area contributed by atoms with E-state index in [1.54, 1.807) is 42.8 Å². The number of benzene rings is 2. The second-order valence-electron chi connectivity index (χ2n) is 8.21. The molecule has 0 atom stereocenters. The third-order valence-corrected chi connectivity index (χ3v) is 7.52. The number of aromatic nitrogens is 1. The standard InChI is InChI=1S/C25H26ClFN4O2S2/c1-33-13-10-28-25(34)31-11-8-17(9-12-31)24-30-22(15-35-24)23(32)29-21-7-6-19(27)14-20(21)16-2-4-18(26)5-3-16/h2-7,14-15,17H,8-13H2,1H3,(H,28,34)(H,29,32). The summed E-state index contributed by atoms with van der Waals surface area (Å²) in [6, 6.07) is 11.3. The fourth-order valence-electron chi connectivity index (χ4n) is 3.96. The maximum absolute atomic E-state index is 14.0. The van der Waals surface area contributed by atoms with Crippen LogP contribution in [0.1, 0.15) is 34.3 Å². The molecular weight excluding hydrogens is 507 g/mol. The lowest BCUT2D eigenvalue weighted by Crippen LogP contribution is -2.44. The van der Waals surface area contributed by atoms with Gasteiger partial charge < -0.3 is 20.3 Å². The van der Waals surface area contributed by atoms with E-state index in [4.69, 9.17) is 28.6 Å². The highest BCUT2D eigenvalue weighted by atomic mass is 35.5. The van der Waals surface area contributed by atoms with Crippen LogP contribution in [0.25, 0.3) is 11.1 Å². The Balaban J connectivity index is 1.39. The lowest BCUT2D eigenvalue weighted by atomic mass is 9.98. The van der Waals surface area contributed by atoms with Gasteiger partial charge in [0.05, 0.1) is 11.6 Å². The lowest BCUT2D eigenvalue weighted by Gasteiger charge is -2.33. The average Bonchev–Trinajstić information content (AvgIpc) is 3.36. The van der Waals surface area contributed by atoms with Gasteiger partial charge in [-0.2, -0.15) is 0 Å². The van der Waals surface area contributed by atoms with E-state index >= 15 is 0 Å². The minimum atomic E-state index is -0.386. The average molecular weight is 533 g/mol. The van der Waals surface area contributed by atoms with Gasteiger partial charge in [-0.25, -0.2) is 9.37 Å². The summed E-state index contributed by atoms with van der Waals surface area (Å²) >= 11 is 12.9. The molecule has 0 aliphatic carbocycles.